The van der Waals surface area contributed by atoms with Crippen molar-refractivity contribution in [3.05, 3.63) is 23.8 Å². The predicted molar refractivity (Wildman–Crippen MR) is 81.6 cm³/mol. The van der Waals surface area contributed by atoms with Crippen LogP contribution in [0.2, 0.25) is 0 Å². The average molecular weight is 293 g/mol. The van der Waals surface area contributed by atoms with Crippen LogP contribution in [0.3, 0.4) is 0 Å². The Morgan fingerprint density at radius 3 is 2.86 bits per heavy atom. The fraction of sp³-hybridized carbons (Fsp3) is 0.533. The number of anilines is 1. The van der Waals surface area contributed by atoms with Gasteiger partial charge in [0.15, 0.2) is 0 Å². The maximum atomic E-state index is 11.7. The molecule has 1 aromatic carbocycles. The molecule has 6 nitrogen and oxygen atoms in total. The van der Waals surface area contributed by atoms with Crippen molar-refractivity contribution in [1.82, 2.24) is 10.2 Å². The average Bonchev–Trinajstić information content (AvgIpc) is 2.50. The van der Waals surface area contributed by atoms with Gasteiger partial charge in [-0.05, 0) is 25.1 Å². The third-order valence-electron chi connectivity index (χ3n) is 3.38. The second kappa shape index (κ2) is 7.85. The number of hydrogen-bond donors (Lipinski definition) is 2. The van der Waals surface area contributed by atoms with Crippen molar-refractivity contribution in [1.29, 1.82) is 0 Å². The first kappa shape index (κ1) is 15.6. The van der Waals surface area contributed by atoms with E-state index >= 15 is 0 Å². The van der Waals surface area contributed by atoms with E-state index in [-0.39, 0.29) is 5.91 Å². The van der Waals surface area contributed by atoms with Gasteiger partial charge >= 0.3 is 0 Å². The van der Waals surface area contributed by atoms with Crippen molar-refractivity contribution in [2.45, 2.75) is 6.92 Å². The van der Waals surface area contributed by atoms with Gasteiger partial charge < -0.3 is 20.5 Å². The molecule has 0 aromatic heterocycles. The molecular formula is C15H23N3O3. The number of ether oxygens (including phenoxy) is 2. The molecule has 1 heterocycles. The molecule has 0 aliphatic carbocycles. The summed E-state index contributed by atoms with van der Waals surface area (Å²) in [7, 11) is 0. The van der Waals surface area contributed by atoms with Crippen molar-refractivity contribution < 1.29 is 14.3 Å². The van der Waals surface area contributed by atoms with Gasteiger partial charge in [-0.2, -0.15) is 0 Å². The molecule has 0 bridgehead atoms. The van der Waals surface area contributed by atoms with Crippen LogP contribution in [-0.4, -0.2) is 56.8 Å². The summed E-state index contributed by atoms with van der Waals surface area (Å²) in [5.74, 6) is 0.500. The summed E-state index contributed by atoms with van der Waals surface area (Å²) >= 11 is 0. The molecule has 1 aliphatic heterocycles. The van der Waals surface area contributed by atoms with Crippen molar-refractivity contribution >= 4 is 11.6 Å². The number of morpholine rings is 1. The number of benzene rings is 1. The van der Waals surface area contributed by atoms with Crippen molar-refractivity contribution in [3.8, 4) is 5.75 Å². The lowest BCUT2D eigenvalue weighted by Gasteiger charge is -2.26. The Morgan fingerprint density at radius 1 is 1.43 bits per heavy atom. The number of nitrogens with one attached hydrogen (secondary N) is 1. The highest BCUT2D eigenvalue weighted by atomic mass is 16.5. The number of nitrogens with two attached hydrogens (primary N) is 1. The number of carbonyl (C=O) groups is 1. The van der Waals surface area contributed by atoms with Crippen LogP contribution >= 0.6 is 0 Å². The highest BCUT2D eigenvalue weighted by Crippen LogP contribution is 2.22. The molecule has 0 unspecified atom stereocenters. The Bertz CT molecular complexity index is 473. The number of hydrogen-bond acceptors (Lipinski definition) is 5. The van der Waals surface area contributed by atoms with Gasteiger partial charge in [-0.25, -0.2) is 0 Å². The summed E-state index contributed by atoms with van der Waals surface area (Å²) in [6.07, 6.45) is 0. The van der Waals surface area contributed by atoms with E-state index in [1.807, 2.05) is 6.92 Å². The van der Waals surface area contributed by atoms with Gasteiger partial charge in [0.25, 0.3) is 5.91 Å². The zero-order valence-corrected chi connectivity index (χ0v) is 12.4. The summed E-state index contributed by atoms with van der Waals surface area (Å²) in [6.45, 7) is 7.34. The Hall–Kier alpha value is -1.79. The van der Waals surface area contributed by atoms with Gasteiger partial charge in [0.2, 0.25) is 0 Å². The van der Waals surface area contributed by atoms with Gasteiger partial charge in [0.1, 0.15) is 12.4 Å². The first-order valence-electron chi connectivity index (χ1n) is 7.31. The molecule has 116 valence electrons. The standard InChI is InChI=1S/C15H23N3O3/c1-2-17-15(19)12-3-4-14(13(16)11-12)21-10-7-18-5-8-20-9-6-18/h3-4,11H,2,5-10,16H2,1H3,(H,17,19). The molecule has 3 N–H and O–H groups in total. The molecule has 0 atom stereocenters. The van der Waals surface area contributed by atoms with E-state index in [2.05, 4.69) is 10.2 Å². The molecule has 1 fully saturated rings. The van der Waals surface area contributed by atoms with Gasteiger partial charge in [0, 0.05) is 31.7 Å². The summed E-state index contributed by atoms with van der Waals surface area (Å²) in [6, 6.07) is 5.12. The quantitative estimate of drug-likeness (QED) is 0.756. The minimum Gasteiger partial charge on any atom is -0.490 e. The lowest BCUT2D eigenvalue weighted by Crippen LogP contribution is -2.38. The zero-order chi connectivity index (χ0) is 15.1. The number of carbonyl (C=O) groups excluding carboxylic acids is 1. The SMILES string of the molecule is CCNC(=O)c1ccc(OCCN2CCOCC2)c(N)c1. The molecule has 0 saturated carbocycles. The summed E-state index contributed by atoms with van der Waals surface area (Å²) in [5.41, 5.74) is 6.97. The Morgan fingerprint density at radius 2 is 2.19 bits per heavy atom. The van der Waals surface area contributed by atoms with Gasteiger partial charge in [-0.1, -0.05) is 0 Å². The monoisotopic (exact) mass is 293 g/mol. The summed E-state index contributed by atoms with van der Waals surface area (Å²) in [4.78, 5) is 14.0. The van der Waals surface area contributed by atoms with Crippen molar-refractivity contribution in [2.75, 3.05) is 51.7 Å². The van der Waals surface area contributed by atoms with E-state index in [4.69, 9.17) is 15.2 Å². The van der Waals surface area contributed by atoms with Crippen LogP contribution in [0.25, 0.3) is 0 Å². The normalized spacial score (nSPS) is 15.7. The van der Waals surface area contributed by atoms with E-state index in [0.717, 1.165) is 32.8 Å². The number of nitrogen functional groups attached to an aromatic ring is 1. The minimum absolute atomic E-state index is 0.121. The van der Waals surface area contributed by atoms with Crippen molar-refractivity contribution in [2.24, 2.45) is 0 Å². The molecule has 1 aliphatic rings. The highest BCUT2D eigenvalue weighted by molar-refractivity contribution is 5.95. The van der Waals surface area contributed by atoms with E-state index in [9.17, 15) is 4.79 Å². The van der Waals surface area contributed by atoms with Gasteiger partial charge in [-0.15, -0.1) is 0 Å². The Labute approximate surface area is 125 Å². The Balaban J connectivity index is 1.84. The molecule has 1 saturated heterocycles. The fourth-order valence-electron chi connectivity index (χ4n) is 2.19. The maximum Gasteiger partial charge on any atom is 0.251 e. The second-order valence-electron chi connectivity index (χ2n) is 4.91. The number of nitrogens with zero attached hydrogens (tertiary/aromatic N) is 1. The van der Waals surface area contributed by atoms with Crippen LogP contribution in [-0.2, 0) is 4.74 Å². The van der Waals surface area contributed by atoms with Crippen LogP contribution < -0.4 is 15.8 Å². The van der Waals surface area contributed by atoms with Crippen LogP contribution in [0.15, 0.2) is 18.2 Å². The number of amides is 1. The second-order valence-corrected chi connectivity index (χ2v) is 4.91. The molecule has 6 heteroatoms. The highest BCUT2D eigenvalue weighted by Gasteiger charge is 2.11. The van der Waals surface area contributed by atoms with Gasteiger partial charge in [-0.3, -0.25) is 9.69 Å². The van der Waals surface area contributed by atoms with E-state index < -0.39 is 0 Å². The molecule has 1 aromatic rings. The first-order valence-corrected chi connectivity index (χ1v) is 7.31. The molecule has 1 amide bonds. The van der Waals surface area contributed by atoms with Crippen molar-refractivity contribution in [3.63, 3.8) is 0 Å². The van der Waals surface area contributed by atoms with Crippen LogP contribution in [0.1, 0.15) is 17.3 Å². The summed E-state index contributed by atoms with van der Waals surface area (Å²) in [5, 5.41) is 2.74. The zero-order valence-electron chi connectivity index (χ0n) is 12.4. The lowest BCUT2D eigenvalue weighted by molar-refractivity contribution is 0.0323. The summed E-state index contributed by atoms with van der Waals surface area (Å²) < 4.78 is 11.0. The van der Waals surface area contributed by atoms with E-state index in [1.54, 1.807) is 18.2 Å². The topological polar surface area (TPSA) is 76.8 Å². The van der Waals surface area contributed by atoms with Crippen LogP contribution in [0.4, 0.5) is 5.69 Å². The molecule has 21 heavy (non-hydrogen) atoms. The van der Waals surface area contributed by atoms with Crippen LogP contribution in [0.5, 0.6) is 5.75 Å². The Kier molecular flexibility index (Phi) is 5.83. The number of rotatable bonds is 6. The van der Waals surface area contributed by atoms with Crippen LogP contribution in [0, 0.1) is 0 Å². The molecular weight excluding hydrogens is 270 g/mol. The first-order chi connectivity index (χ1) is 10.2. The third-order valence-corrected chi connectivity index (χ3v) is 3.38. The van der Waals surface area contributed by atoms with E-state index in [1.165, 1.54) is 0 Å². The molecule has 2 rings (SSSR count). The molecule has 0 radical (unpaired) electrons. The van der Waals surface area contributed by atoms with E-state index in [0.29, 0.717) is 30.2 Å². The van der Waals surface area contributed by atoms with Gasteiger partial charge in [0.05, 0.1) is 18.9 Å². The third kappa shape index (κ3) is 4.61. The predicted octanol–water partition coefficient (Wildman–Crippen LogP) is 0.730. The molecule has 0 spiro atoms. The minimum atomic E-state index is -0.121. The fourth-order valence-corrected chi connectivity index (χ4v) is 2.19. The lowest BCUT2D eigenvalue weighted by atomic mass is 10.2. The largest absolute Gasteiger partial charge is 0.490 e. The smallest absolute Gasteiger partial charge is 0.251 e. The maximum absolute atomic E-state index is 11.7.